The molecule has 0 aliphatic carbocycles. The monoisotopic (exact) mass is 259 g/mol. The molecule has 1 saturated heterocycles. The minimum absolute atomic E-state index is 0.557. The van der Waals surface area contributed by atoms with Crippen molar-refractivity contribution in [3.05, 3.63) is 41.2 Å². The van der Waals surface area contributed by atoms with Crippen LogP contribution in [-0.4, -0.2) is 17.6 Å². The van der Waals surface area contributed by atoms with Crippen molar-refractivity contribution in [1.29, 1.82) is 0 Å². The van der Waals surface area contributed by atoms with E-state index in [0.717, 1.165) is 18.4 Å². The van der Waals surface area contributed by atoms with Gasteiger partial charge < -0.3 is 13.9 Å². The zero-order valence-corrected chi connectivity index (χ0v) is 11.9. The summed E-state index contributed by atoms with van der Waals surface area (Å²) in [5, 5.41) is 0. The zero-order valence-electron chi connectivity index (χ0n) is 11.9. The van der Waals surface area contributed by atoms with E-state index in [1.807, 2.05) is 0 Å². The Morgan fingerprint density at radius 3 is 2.58 bits per heavy atom. The van der Waals surface area contributed by atoms with Crippen LogP contribution in [-0.2, 0) is 21.7 Å². The first kappa shape index (κ1) is 12.7. The van der Waals surface area contributed by atoms with Crippen LogP contribution in [0.2, 0.25) is 0 Å². The Bertz CT molecular complexity index is 594. The molecule has 3 heteroatoms. The molecule has 0 radical (unpaired) electrons. The fourth-order valence-electron chi connectivity index (χ4n) is 2.91. The number of pyridine rings is 1. The first-order chi connectivity index (χ1) is 9.20. The lowest BCUT2D eigenvalue weighted by atomic mass is 10.0. The normalized spacial score (nSPS) is 18.3. The van der Waals surface area contributed by atoms with Gasteiger partial charge in [0.2, 0.25) is 0 Å². The number of aryl methyl sites for hydroxylation is 2. The van der Waals surface area contributed by atoms with Crippen LogP contribution in [0.4, 0.5) is 0 Å². The van der Waals surface area contributed by atoms with E-state index in [-0.39, 0.29) is 0 Å². The molecule has 1 aliphatic rings. The van der Waals surface area contributed by atoms with Gasteiger partial charge in [0, 0.05) is 23.9 Å². The number of ether oxygens (including phenoxy) is 2. The van der Waals surface area contributed by atoms with Gasteiger partial charge in [-0.25, -0.2) is 0 Å². The van der Waals surface area contributed by atoms with E-state index in [0.29, 0.717) is 13.2 Å². The van der Waals surface area contributed by atoms with Crippen molar-refractivity contribution in [2.24, 2.45) is 0 Å². The maximum atomic E-state index is 5.93. The minimum atomic E-state index is -0.557. The highest BCUT2D eigenvalue weighted by molar-refractivity contribution is 5.60. The standard InChI is InChI=1S/C16H21NO2/c1-4-13-10-15-14(7-6-12(3)17(15)11-13)16(5-2)18-8-9-19-16/h6-7,10-11H,4-5,8-9H2,1-3H3. The second kappa shape index (κ2) is 4.66. The Balaban J connectivity index is 2.23. The lowest BCUT2D eigenvalue weighted by Gasteiger charge is -2.27. The van der Waals surface area contributed by atoms with Crippen LogP contribution in [0.1, 0.15) is 37.1 Å². The summed E-state index contributed by atoms with van der Waals surface area (Å²) in [7, 11) is 0. The van der Waals surface area contributed by atoms with Crippen molar-refractivity contribution in [2.75, 3.05) is 13.2 Å². The summed E-state index contributed by atoms with van der Waals surface area (Å²) in [6.07, 6.45) is 4.09. The van der Waals surface area contributed by atoms with Crippen molar-refractivity contribution in [3.63, 3.8) is 0 Å². The number of rotatable bonds is 3. The quantitative estimate of drug-likeness (QED) is 0.843. The summed E-state index contributed by atoms with van der Waals surface area (Å²) in [5.74, 6) is -0.557. The first-order valence-electron chi connectivity index (χ1n) is 7.09. The lowest BCUT2D eigenvalue weighted by molar-refractivity contribution is -0.166. The summed E-state index contributed by atoms with van der Waals surface area (Å²) in [5.41, 5.74) is 4.95. The maximum absolute atomic E-state index is 5.93. The molecule has 0 atom stereocenters. The van der Waals surface area contributed by atoms with Crippen molar-refractivity contribution in [2.45, 2.75) is 39.4 Å². The van der Waals surface area contributed by atoms with E-state index in [1.54, 1.807) is 0 Å². The van der Waals surface area contributed by atoms with Crippen molar-refractivity contribution < 1.29 is 9.47 Å². The number of aromatic nitrogens is 1. The average Bonchev–Trinajstić information content (AvgIpc) is 3.06. The molecule has 102 valence electrons. The van der Waals surface area contributed by atoms with Crippen molar-refractivity contribution >= 4 is 5.52 Å². The van der Waals surface area contributed by atoms with Crippen LogP contribution in [0.15, 0.2) is 24.4 Å². The Morgan fingerprint density at radius 1 is 1.21 bits per heavy atom. The number of hydrogen-bond donors (Lipinski definition) is 0. The molecule has 0 bridgehead atoms. The number of hydrogen-bond acceptors (Lipinski definition) is 2. The van der Waals surface area contributed by atoms with Gasteiger partial charge in [-0.2, -0.15) is 0 Å². The van der Waals surface area contributed by atoms with E-state index in [4.69, 9.17) is 9.47 Å². The van der Waals surface area contributed by atoms with E-state index < -0.39 is 5.79 Å². The zero-order chi connectivity index (χ0) is 13.5. The SMILES string of the molecule is CCc1cc2c(C3(CC)OCCO3)ccc(C)n2c1. The van der Waals surface area contributed by atoms with Gasteiger partial charge in [-0.1, -0.05) is 13.8 Å². The maximum Gasteiger partial charge on any atom is 0.196 e. The molecule has 2 aromatic heterocycles. The average molecular weight is 259 g/mol. The van der Waals surface area contributed by atoms with Gasteiger partial charge in [0.25, 0.3) is 0 Å². The molecule has 0 saturated carbocycles. The van der Waals surface area contributed by atoms with Crippen LogP contribution < -0.4 is 0 Å². The Kier molecular flexibility index (Phi) is 3.11. The predicted molar refractivity (Wildman–Crippen MR) is 75.4 cm³/mol. The highest BCUT2D eigenvalue weighted by atomic mass is 16.7. The van der Waals surface area contributed by atoms with E-state index in [2.05, 4.69) is 49.6 Å². The molecule has 3 heterocycles. The molecule has 19 heavy (non-hydrogen) atoms. The highest BCUT2D eigenvalue weighted by Gasteiger charge is 2.38. The van der Waals surface area contributed by atoms with Gasteiger partial charge in [-0.3, -0.25) is 0 Å². The van der Waals surface area contributed by atoms with Crippen LogP contribution in [0, 0.1) is 6.92 Å². The van der Waals surface area contributed by atoms with Crippen LogP contribution in [0.5, 0.6) is 0 Å². The topological polar surface area (TPSA) is 22.9 Å². The second-order valence-electron chi connectivity index (χ2n) is 5.15. The highest BCUT2D eigenvalue weighted by Crippen LogP contribution is 2.37. The molecule has 3 rings (SSSR count). The molecular formula is C16H21NO2. The third kappa shape index (κ3) is 1.88. The first-order valence-corrected chi connectivity index (χ1v) is 7.09. The third-order valence-electron chi connectivity index (χ3n) is 4.06. The molecule has 0 amide bonds. The van der Waals surface area contributed by atoms with Crippen molar-refractivity contribution in [1.82, 2.24) is 4.40 Å². The predicted octanol–water partition coefficient (Wildman–Crippen LogP) is 3.42. The summed E-state index contributed by atoms with van der Waals surface area (Å²) >= 11 is 0. The molecular weight excluding hydrogens is 238 g/mol. The van der Waals surface area contributed by atoms with Gasteiger partial charge in [0.1, 0.15) is 0 Å². The molecule has 2 aromatic rings. The number of nitrogens with zero attached hydrogens (tertiary/aromatic N) is 1. The Morgan fingerprint density at radius 2 is 1.95 bits per heavy atom. The lowest BCUT2D eigenvalue weighted by Crippen LogP contribution is -2.26. The van der Waals surface area contributed by atoms with Gasteiger partial charge in [0.15, 0.2) is 5.79 Å². The molecule has 1 fully saturated rings. The van der Waals surface area contributed by atoms with Gasteiger partial charge in [-0.15, -0.1) is 0 Å². The number of fused-ring (bicyclic) bond motifs is 1. The molecule has 0 aromatic carbocycles. The molecule has 0 N–H and O–H groups in total. The van der Waals surface area contributed by atoms with Crippen LogP contribution in [0.3, 0.4) is 0 Å². The minimum Gasteiger partial charge on any atom is -0.343 e. The smallest absolute Gasteiger partial charge is 0.196 e. The second-order valence-corrected chi connectivity index (χ2v) is 5.15. The fourth-order valence-corrected chi connectivity index (χ4v) is 2.91. The largest absolute Gasteiger partial charge is 0.343 e. The molecule has 1 aliphatic heterocycles. The Hall–Kier alpha value is -1.32. The van der Waals surface area contributed by atoms with Gasteiger partial charge in [-0.05, 0) is 37.1 Å². The van der Waals surface area contributed by atoms with E-state index in [1.165, 1.54) is 16.8 Å². The summed E-state index contributed by atoms with van der Waals surface area (Å²) in [4.78, 5) is 0. The summed E-state index contributed by atoms with van der Waals surface area (Å²) in [6.45, 7) is 7.78. The van der Waals surface area contributed by atoms with E-state index in [9.17, 15) is 0 Å². The summed E-state index contributed by atoms with van der Waals surface area (Å²) in [6, 6.07) is 6.55. The molecule has 0 unspecified atom stereocenters. The third-order valence-corrected chi connectivity index (χ3v) is 4.06. The van der Waals surface area contributed by atoms with Crippen molar-refractivity contribution in [3.8, 4) is 0 Å². The fraction of sp³-hybridized carbons (Fsp3) is 0.500. The summed E-state index contributed by atoms with van der Waals surface area (Å²) < 4.78 is 14.1. The van der Waals surface area contributed by atoms with Crippen LogP contribution in [0.25, 0.3) is 5.52 Å². The molecule has 0 spiro atoms. The van der Waals surface area contributed by atoms with E-state index >= 15 is 0 Å². The Labute approximate surface area is 114 Å². The van der Waals surface area contributed by atoms with Crippen LogP contribution >= 0.6 is 0 Å². The molecule has 3 nitrogen and oxygen atoms in total. The van der Waals surface area contributed by atoms with Gasteiger partial charge >= 0.3 is 0 Å². The van der Waals surface area contributed by atoms with Gasteiger partial charge in [0.05, 0.1) is 18.7 Å².